The fraction of sp³-hybridized carbons (Fsp3) is 0.318. The first-order chi connectivity index (χ1) is 14.3. The molecule has 0 radical (unpaired) electrons. The zero-order valence-corrected chi connectivity index (χ0v) is 17.3. The molecule has 0 aliphatic rings. The second-order valence-corrected chi connectivity index (χ2v) is 6.32. The summed E-state index contributed by atoms with van der Waals surface area (Å²) in [6.45, 7) is 2.68. The number of rotatable bonds is 8. The Morgan fingerprint density at radius 1 is 1.03 bits per heavy atom. The minimum atomic E-state index is -0.955. The van der Waals surface area contributed by atoms with E-state index in [4.69, 9.17) is 22.3 Å². The number of nitrogens with one attached hydrogen (secondary N) is 1. The van der Waals surface area contributed by atoms with Crippen LogP contribution in [-0.4, -0.2) is 42.4 Å². The van der Waals surface area contributed by atoms with Crippen LogP contribution in [0.5, 0.6) is 0 Å². The molecular formula is C22H32N4O4. The summed E-state index contributed by atoms with van der Waals surface area (Å²) >= 11 is 0. The number of carboxylic acid groups (broad SMARTS) is 1. The van der Waals surface area contributed by atoms with Crippen LogP contribution in [0.25, 0.3) is 0 Å². The van der Waals surface area contributed by atoms with Crippen molar-refractivity contribution in [2.24, 2.45) is 17.2 Å². The van der Waals surface area contributed by atoms with Gasteiger partial charge in [-0.15, -0.1) is 0 Å². The molecule has 0 bridgehead atoms. The third-order valence-corrected chi connectivity index (χ3v) is 3.68. The first kappa shape index (κ1) is 26.9. The van der Waals surface area contributed by atoms with Crippen LogP contribution in [0.15, 0.2) is 54.6 Å². The third kappa shape index (κ3) is 14.0. The Morgan fingerprint density at radius 3 is 2.07 bits per heavy atom. The molecular weight excluding hydrogens is 384 g/mol. The maximum Gasteiger partial charge on any atom is 0.320 e. The smallest absolute Gasteiger partial charge is 0.320 e. The summed E-state index contributed by atoms with van der Waals surface area (Å²) in [4.78, 5) is 30.9. The van der Waals surface area contributed by atoms with Crippen LogP contribution in [0.2, 0.25) is 0 Å². The van der Waals surface area contributed by atoms with Crippen LogP contribution in [-0.2, 0) is 16.0 Å². The molecule has 0 aliphatic heterocycles. The Balaban J connectivity index is 0.000000428. The highest BCUT2D eigenvalue weighted by Crippen LogP contribution is 2.07. The Kier molecular flexibility index (Phi) is 15.1. The van der Waals surface area contributed by atoms with Crippen LogP contribution in [0.4, 0.5) is 5.69 Å². The number of hydrogen-bond donors (Lipinski definition) is 5. The standard InChI is InChI=1S/C9H9NO2.C8H11N.C5H12N2O2/c1-7(12)10-9-4-2-8(6-11)3-5-9;9-7-6-8-4-2-1-3-5-8;6-3-1-2-4(7)5(8)9/h2-6H,1H3,(H,10,12);1-5H,6-7,9H2;4H,1-3,6-7H2,(H,8,9)/t;;4-/m..0/s1. The van der Waals surface area contributed by atoms with Gasteiger partial charge in [-0.1, -0.05) is 30.3 Å². The molecule has 2 rings (SSSR count). The predicted octanol–water partition coefficient (Wildman–Crippen LogP) is 1.78. The van der Waals surface area contributed by atoms with Crippen LogP contribution in [0.3, 0.4) is 0 Å². The van der Waals surface area contributed by atoms with Gasteiger partial charge in [0.25, 0.3) is 0 Å². The number of carboxylic acids is 1. The molecule has 164 valence electrons. The topological polar surface area (TPSA) is 162 Å². The summed E-state index contributed by atoms with van der Waals surface area (Å²) in [6, 6.07) is 16.2. The van der Waals surface area contributed by atoms with Crippen LogP contribution < -0.4 is 22.5 Å². The van der Waals surface area contributed by atoms with Crippen molar-refractivity contribution >= 4 is 23.9 Å². The quantitative estimate of drug-likeness (QED) is 0.410. The van der Waals surface area contributed by atoms with Crippen LogP contribution in [0, 0.1) is 0 Å². The fourth-order valence-electron chi connectivity index (χ4n) is 2.12. The fourth-order valence-corrected chi connectivity index (χ4v) is 2.12. The normalized spacial score (nSPS) is 10.4. The van der Waals surface area contributed by atoms with Crippen molar-refractivity contribution in [2.75, 3.05) is 18.4 Å². The third-order valence-electron chi connectivity index (χ3n) is 3.68. The van der Waals surface area contributed by atoms with Gasteiger partial charge in [-0.3, -0.25) is 14.4 Å². The number of aldehydes is 1. The number of carbonyl (C=O) groups is 3. The summed E-state index contributed by atoms with van der Waals surface area (Å²) in [5, 5.41) is 10.8. The molecule has 0 aliphatic carbocycles. The molecule has 0 unspecified atom stereocenters. The molecule has 0 heterocycles. The van der Waals surface area contributed by atoms with E-state index < -0.39 is 12.0 Å². The average Bonchev–Trinajstić information content (AvgIpc) is 2.74. The van der Waals surface area contributed by atoms with E-state index in [0.717, 1.165) is 19.3 Å². The predicted molar refractivity (Wildman–Crippen MR) is 119 cm³/mol. The van der Waals surface area contributed by atoms with Gasteiger partial charge >= 0.3 is 5.97 Å². The zero-order chi connectivity index (χ0) is 22.8. The van der Waals surface area contributed by atoms with Gasteiger partial charge in [0.15, 0.2) is 0 Å². The summed E-state index contributed by atoms with van der Waals surface area (Å²) in [6.07, 6.45) is 2.89. The molecule has 0 fully saturated rings. The Bertz CT molecular complexity index is 737. The molecule has 0 spiro atoms. The van der Waals surface area contributed by atoms with Gasteiger partial charge in [-0.25, -0.2) is 0 Å². The van der Waals surface area contributed by atoms with Gasteiger partial charge in [0.05, 0.1) is 0 Å². The lowest BCUT2D eigenvalue weighted by atomic mass is 10.2. The Labute approximate surface area is 177 Å². The van der Waals surface area contributed by atoms with E-state index in [-0.39, 0.29) is 5.91 Å². The van der Waals surface area contributed by atoms with Gasteiger partial charge in [0.1, 0.15) is 12.3 Å². The SMILES string of the molecule is CC(=O)Nc1ccc(C=O)cc1.NCCC[C@H](N)C(=O)O.NCCc1ccccc1. The van der Waals surface area contributed by atoms with E-state index in [1.54, 1.807) is 24.3 Å². The van der Waals surface area contributed by atoms with Crippen LogP contribution in [0.1, 0.15) is 35.7 Å². The van der Waals surface area contributed by atoms with Gasteiger partial charge in [0.2, 0.25) is 5.91 Å². The van der Waals surface area contributed by atoms with E-state index in [1.807, 2.05) is 18.2 Å². The summed E-state index contributed by atoms with van der Waals surface area (Å²) in [5.41, 5.74) is 18.3. The molecule has 2 aromatic rings. The van der Waals surface area contributed by atoms with Crippen molar-refractivity contribution in [2.45, 2.75) is 32.2 Å². The number of amides is 1. The minimum absolute atomic E-state index is 0.117. The van der Waals surface area contributed by atoms with Crippen LogP contribution >= 0.6 is 0 Å². The first-order valence-corrected chi connectivity index (χ1v) is 9.59. The second-order valence-electron chi connectivity index (χ2n) is 6.32. The molecule has 8 N–H and O–H groups in total. The maximum absolute atomic E-state index is 10.6. The number of benzene rings is 2. The van der Waals surface area contributed by atoms with E-state index >= 15 is 0 Å². The highest BCUT2D eigenvalue weighted by Gasteiger charge is 2.08. The zero-order valence-electron chi connectivity index (χ0n) is 17.3. The molecule has 8 heteroatoms. The van der Waals surface area contributed by atoms with Crippen molar-refractivity contribution in [3.63, 3.8) is 0 Å². The Hall–Kier alpha value is -3.07. The first-order valence-electron chi connectivity index (χ1n) is 9.59. The van der Waals surface area contributed by atoms with Crippen molar-refractivity contribution in [1.29, 1.82) is 0 Å². The largest absolute Gasteiger partial charge is 0.480 e. The highest BCUT2D eigenvalue weighted by molar-refractivity contribution is 5.89. The van der Waals surface area contributed by atoms with E-state index in [0.29, 0.717) is 30.6 Å². The second kappa shape index (κ2) is 16.8. The number of aliphatic carboxylic acids is 1. The highest BCUT2D eigenvalue weighted by atomic mass is 16.4. The van der Waals surface area contributed by atoms with E-state index in [1.165, 1.54) is 12.5 Å². The molecule has 1 atom stereocenters. The average molecular weight is 417 g/mol. The summed E-state index contributed by atoms with van der Waals surface area (Å²) in [7, 11) is 0. The molecule has 0 saturated carbocycles. The maximum atomic E-state index is 10.6. The van der Waals surface area contributed by atoms with Gasteiger partial charge in [-0.05, 0) is 62.2 Å². The van der Waals surface area contributed by atoms with Gasteiger partial charge in [0, 0.05) is 18.2 Å². The summed E-state index contributed by atoms with van der Waals surface area (Å²) in [5.74, 6) is -1.07. The van der Waals surface area contributed by atoms with E-state index in [9.17, 15) is 14.4 Å². The molecule has 1 amide bonds. The van der Waals surface area contributed by atoms with Gasteiger partial charge in [-0.2, -0.15) is 0 Å². The molecule has 0 saturated heterocycles. The van der Waals surface area contributed by atoms with E-state index in [2.05, 4.69) is 17.4 Å². The van der Waals surface area contributed by atoms with Crippen molar-refractivity contribution in [3.05, 3.63) is 65.7 Å². The van der Waals surface area contributed by atoms with Gasteiger partial charge < -0.3 is 27.6 Å². The lowest BCUT2D eigenvalue weighted by Crippen LogP contribution is -2.30. The Morgan fingerprint density at radius 2 is 1.63 bits per heavy atom. The molecule has 30 heavy (non-hydrogen) atoms. The monoisotopic (exact) mass is 416 g/mol. The number of nitrogens with two attached hydrogens (primary N) is 3. The summed E-state index contributed by atoms with van der Waals surface area (Å²) < 4.78 is 0. The number of carbonyl (C=O) groups excluding carboxylic acids is 2. The lowest BCUT2D eigenvalue weighted by molar-refractivity contribution is -0.138. The number of anilines is 1. The minimum Gasteiger partial charge on any atom is -0.480 e. The molecule has 0 aromatic heterocycles. The molecule has 8 nitrogen and oxygen atoms in total. The lowest BCUT2D eigenvalue weighted by Gasteiger charge is -2.02. The van der Waals surface area contributed by atoms with Crippen molar-refractivity contribution in [1.82, 2.24) is 0 Å². The molecule has 2 aromatic carbocycles. The van der Waals surface area contributed by atoms with Crippen molar-refractivity contribution in [3.8, 4) is 0 Å². The van der Waals surface area contributed by atoms with Crippen molar-refractivity contribution < 1.29 is 19.5 Å². The number of hydrogen-bond acceptors (Lipinski definition) is 6.